The molecular weight excluding hydrogens is 793 g/mol. The second-order valence-electron chi connectivity index (χ2n) is 12.6. The summed E-state index contributed by atoms with van der Waals surface area (Å²) < 4.78 is 11.0. The summed E-state index contributed by atoms with van der Waals surface area (Å²) in [7, 11) is 2.08. The van der Waals surface area contributed by atoms with Crippen molar-refractivity contribution in [1.29, 1.82) is 0 Å². The number of nitrogens with zero attached hydrogens (tertiary/aromatic N) is 4. The van der Waals surface area contributed by atoms with Crippen LogP contribution < -0.4 is 0 Å². The zero-order valence-corrected chi connectivity index (χ0v) is 29.6. The standard InChI is InChI=1S/C32H18N3O.C12H10N.Ir/c1-34-31-24(33-32(34)18-8-3-2-4-9-18)14-15-27-29(31)23-16-26-22(17-28(23)36-27)21-12-7-11-20-19-10-5-6-13-25(19)35(26)30(20)21;1-10-7-8-12(13-9-10)11-5-3-2-4-6-11;/h2-8,10-17H,1H3;2-5,7-9H,1H3;/q2*-1;. The molecule has 0 bridgehead atoms. The molecule has 1 radical (unpaired) electrons. The molecule has 0 fully saturated rings. The van der Waals surface area contributed by atoms with E-state index in [1.165, 1.54) is 43.7 Å². The average molecular weight is 821 g/mol. The second-order valence-corrected chi connectivity index (χ2v) is 12.6. The fourth-order valence-corrected chi connectivity index (χ4v) is 7.44. The van der Waals surface area contributed by atoms with Gasteiger partial charge in [-0.2, -0.15) is 0 Å². The van der Waals surface area contributed by atoms with Gasteiger partial charge in [0.05, 0.1) is 38.8 Å². The quantitative estimate of drug-likeness (QED) is 0.163. The zero-order chi connectivity index (χ0) is 32.6. The van der Waals surface area contributed by atoms with Gasteiger partial charge in [0.2, 0.25) is 0 Å². The van der Waals surface area contributed by atoms with E-state index in [9.17, 15) is 0 Å². The molecule has 5 nitrogen and oxygen atoms in total. The number of hydrogen-bond acceptors (Lipinski definition) is 3. The maximum atomic E-state index is 6.46. The Morgan fingerprint density at radius 3 is 2.12 bits per heavy atom. The molecule has 11 aromatic rings. The summed E-state index contributed by atoms with van der Waals surface area (Å²) in [6.45, 7) is 2.03. The van der Waals surface area contributed by atoms with Crippen molar-refractivity contribution < 1.29 is 24.5 Å². The Labute approximate surface area is 301 Å². The Balaban J connectivity index is 0.000000204. The maximum Gasteiger partial charge on any atom is 0.137 e. The maximum absolute atomic E-state index is 6.46. The van der Waals surface area contributed by atoms with E-state index in [-0.39, 0.29) is 20.1 Å². The van der Waals surface area contributed by atoms with Gasteiger partial charge < -0.3 is 18.4 Å². The number of hydrogen-bond donors (Lipinski definition) is 0. The molecule has 0 aliphatic rings. The minimum absolute atomic E-state index is 0. The van der Waals surface area contributed by atoms with Crippen LogP contribution in [-0.4, -0.2) is 18.9 Å². The molecule has 6 aromatic carbocycles. The SMILES string of the molecule is Cc1ccc(-c2[c-]cccc2)nc1.Cn1c(-c2[c-]cccc2)nc2ccc3oc4cc5c6cccc7c8ccccc8n(c5cc4c3c21)c76.[Ir]. The van der Waals surface area contributed by atoms with Gasteiger partial charge in [-0.1, -0.05) is 48.5 Å². The molecule has 0 unspecified atom stereocenters. The van der Waals surface area contributed by atoms with Crippen LogP contribution in [-0.2, 0) is 27.2 Å². The Bertz CT molecular complexity index is 2990. The summed E-state index contributed by atoms with van der Waals surface area (Å²) in [5, 5.41) is 7.27. The summed E-state index contributed by atoms with van der Waals surface area (Å²) in [4.78, 5) is 9.29. The molecule has 0 N–H and O–H groups in total. The third-order valence-electron chi connectivity index (χ3n) is 9.66. The monoisotopic (exact) mass is 821 g/mol. The normalized spacial score (nSPS) is 11.6. The van der Waals surface area contributed by atoms with Crippen molar-refractivity contribution in [1.82, 2.24) is 18.9 Å². The van der Waals surface area contributed by atoms with E-state index in [1.54, 1.807) is 0 Å². The third-order valence-corrected chi connectivity index (χ3v) is 9.66. The Hall–Kier alpha value is -5.81. The topological polar surface area (TPSA) is 48.3 Å². The van der Waals surface area contributed by atoms with Gasteiger partial charge in [0.15, 0.2) is 0 Å². The van der Waals surface area contributed by atoms with Crippen LogP contribution in [0.25, 0.3) is 93.7 Å². The van der Waals surface area contributed by atoms with Gasteiger partial charge in [-0.05, 0) is 48.5 Å². The summed E-state index contributed by atoms with van der Waals surface area (Å²) in [6, 6.07) is 50.3. The van der Waals surface area contributed by atoms with Crippen LogP contribution in [0.5, 0.6) is 0 Å². The molecule has 241 valence electrons. The Kier molecular flexibility index (Phi) is 7.06. The van der Waals surface area contributed by atoms with Gasteiger partial charge in [0, 0.05) is 60.3 Å². The summed E-state index contributed by atoms with van der Waals surface area (Å²) in [6.07, 6.45) is 1.87. The molecule has 5 aromatic heterocycles. The van der Waals surface area contributed by atoms with E-state index >= 15 is 0 Å². The largest absolute Gasteiger partial charge is 0.456 e. The second kappa shape index (κ2) is 11.7. The van der Waals surface area contributed by atoms with Crippen LogP contribution >= 0.6 is 0 Å². The van der Waals surface area contributed by atoms with Crippen LogP contribution in [0.4, 0.5) is 0 Å². The van der Waals surface area contributed by atoms with Crippen LogP contribution in [0.2, 0.25) is 0 Å². The predicted octanol–water partition coefficient (Wildman–Crippen LogP) is 10.9. The molecule has 5 heterocycles. The first kappa shape index (κ1) is 30.3. The van der Waals surface area contributed by atoms with Crippen molar-refractivity contribution in [3.8, 4) is 22.6 Å². The van der Waals surface area contributed by atoms with Gasteiger partial charge in [-0.15, -0.1) is 71.8 Å². The number of aryl methyl sites for hydroxylation is 2. The number of para-hydroxylation sites is 2. The van der Waals surface area contributed by atoms with Gasteiger partial charge in [-0.25, -0.2) is 0 Å². The van der Waals surface area contributed by atoms with Crippen molar-refractivity contribution in [2.75, 3.05) is 0 Å². The van der Waals surface area contributed by atoms with Crippen molar-refractivity contribution >= 4 is 71.1 Å². The van der Waals surface area contributed by atoms with Crippen molar-refractivity contribution in [2.24, 2.45) is 7.05 Å². The molecule has 6 heteroatoms. The molecule has 0 aliphatic heterocycles. The van der Waals surface area contributed by atoms with E-state index in [1.807, 2.05) is 67.7 Å². The number of fused-ring (bicyclic) bond motifs is 11. The molecule has 11 rings (SSSR count). The molecule has 50 heavy (non-hydrogen) atoms. The first-order valence-corrected chi connectivity index (χ1v) is 16.4. The summed E-state index contributed by atoms with van der Waals surface area (Å²) in [5.41, 5.74) is 11.7. The zero-order valence-electron chi connectivity index (χ0n) is 27.2. The minimum Gasteiger partial charge on any atom is -0.456 e. The van der Waals surface area contributed by atoms with Crippen LogP contribution in [0.3, 0.4) is 0 Å². The number of pyridine rings is 1. The first-order valence-electron chi connectivity index (χ1n) is 16.4. The number of imidazole rings is 1. The van der Waals surface area contributed by atoms with E-state index in [0.717, 1.165) is 55.6 Å². The van der Waals surface area contributed by atoms with Crippen molar-refractivity contribution in [2.45, 2.75) is 6.92 Å². The average Bonchev–Trinajstić information content (AvgIpc) is 3.88. The Morgan fingerprint density at radius 1 is 0.620 bits per heavy atom. The number of furan rings is 1. The van der Waals surface area contributed by atoms with Crippen LogP contribution in [0.15, 0.2) is 138 Å². The van der Waals surface area contributed by atoms with Gasteiger partial charge in [-0.3, -0.25) is 4.98 Å². The van der Waals surface area contributed by atoms with Crippen molar-refractivity contribution in [3.05, 3.63) is 151 Å². The molecule has 0 amide bonds. The van der Waals surface area contributed by atoms with Crippen LogP contribution in [0, 0.1) is 19.1 Å². The van der Waals surface area contributed by atoms with E-state index in [4.69, 9.17) is 9.40 Å². The molecule has 0 atom stereocenters. The molecule has 0 aliphatic carbocycles. The third kappa shape index (κ3) is 4.49. The minimum atomic E-state index is 0. The number of aromatic nitrogens is 4. The fourth-order valence-electron chi connectivity index (χ4n) is 7.44. The molecule has 0 saturated carbocycles. The smallest absolute Gasteiger partial charge is 0.137 e. The molecular formula is C44H28IrN4O-2. The van der Waals surface area contributed by atoms with Gasteiger partial charge in [0.25, 0.3) is 0 Å². The van der Waals surface area contributed by atoms with Gasteiger partial charge in [0.1, 0.15) is 11.2 Å². The fraction of sp³-hybridized carbons (Fsp3) is 0.0455. The van der Waals surface area contributed by atoms with Gasteiger partial charge >= 0.3 is 0 Å². The first-order chi connectivity index (χ1) is 24.1. The van der Waals surface area contributed by atoms with Crippen LogP contribution in [0.1, 0.15) is 5.56 Å². The van der Waals surface area contributed by atoms with Crippen molar-refractivity contribution in [3.63, 3.8) is 0 Å². The summed E-state index contributed by atoms with van der Waals surface area (Å²) >= 11 is 0. The Morgan fingerprint density at radius 2 is 1.36 bits per heavy atom. The van der Waals surface area contributed by atoms with E-state index in [2.05, 4.69) is 106 Å². The molecule has 0 saturated heterocycles. The van der Waals surface area contributed by atoms with E-state index in [0.29, 0.717) is 0 Å². The molecule has 0 spiro atoms. The summed E-state index contributed by atoms with van der Waals surface area (Å²) in [5.74, 6) is 0.902. The number of rotatable bonds is 2. The number of benzene rings is 6. The van der Waals surface area contributed by atoms with E-state index < -0.39 is 0 Å². The predicted molar refractivity (Wildman–Crippen MR) is 200 cm³/mol.